The molecule has 22 heteroatoms. The van der Waals surface area contributed by atoms with Gasteiger partial charge in [-0.2, -0.15) is 0 Å². The Bertz CT molecular complexity index is 2570. The fourth-order valence-electron chi connectivity index (χ4n) is 9.52. The van der Waals surface area contributed by atoms with Crippen LogP contribution in [0.4, 0.5) is 0 Å². The number of hydrogen-bond donors (Lipinski definition) is 6. The highest BCUT2D eigenvalue weighted by atomic mass is 16.6. The predicted molar refractivity (Wildman–Crippen MR) is 264 cm³/mol. The number of likely N-dealkylation sites (tertiary alicyclic amines) is 1. The van der Waals surface area contributed by atoms with Crippen molar-refractivity contribution < 1.29 is 62.4 Å². The summed E-state index contributed by atoms with van der Waals surface area (Å²) in [6.07, 6.45) is 2.31. The van der Waals surface area contributed by atoms with E-state index in [1.165, 1.54) is 4.90 Å². The molecule has 0 spiro atoms. The molecule has 1 fully saturated rings. The lowest BCUT2D eigenvalue weighted by Gasteiger charge is -2.37. The number of rotatable bonds is 28. The van der Waals surface area contributed by atoms with Crippen LogP contribution in [0.15, 0.2) is 35.1 Å². The zero-order valence-electron chi connectivity index (χ0n) is 42.2. The number of hydrogen-bond acceptors (Lipinski definition) is 16. The fourth-order valence-corrected chi connectivity index (χ4v) is 9.52. The standard InChI is InChI=1S/C51H70N8O14/c1-5-31-32-12-7-8-14-37(32)56-44-33(31)28-59-40(44)26-35-34(47(59)65)29-72-50(68)51(35,6-2)73-49(67)43(30(3)4)57-46(64)39-15-11-19-58(39)48(66)38(27-42(61)62)55-41(60)16-20-69-22-24-71-25-23-70-21-18-54-45(63)36(53)13-9-10-17-52/h7-8,12,14,26,30,36,38-39,43H,5-6,9-11,13,15-25,27-29,52-53H2,1-4H3,(H,54,63)(H,55,60)(H,57,64)(H,61,62)/t36-,38-,39-,43?,51-/m0/s1. The van der Waals surface area contributed by atoms with Gasteiger partial charge in [0.1, 0.15) is 24.7 Å². The molecule has 1 unspecified atom stereocenters. The molecule has 1 saturated heterocycles. The molecule has 6 rings (SSSR count). The molecule has 5 atom stereocenters. The van der Waals surface area contributed by atoms with Gasteiger partial charge < -0.3 is 65.7 Å². The number of carbonyl (C=O) groups excluding carboxylic acids is 6. The third-order valence-electron chi connectivity index (χ3n) is 13.4. The van der Waals surface area contributed by atoms with Gasteiger partial charge >= 0.3 is 17.9 Å². The second-order valence-corrected chi connectivity index (χ2v) is 18.7. The molecule has 8 N–H and O–H groups in total. The van der Waals surface area contributed by atoms with Crippen molar-refractivity contribution in [1.82, 2.24) is 30.4 Å². The SMILES string of the molecule is CCc1c2c(nc3ccccc13)-c1cc3c(c(=O)n1C2)COC(=O)[C@@]3(CC)OC(=O)C(NC(=O)[C@@H]1CCCN1C(=O)[C@H](CC(=O)O)NC(=O)CCOCCOCCOCCNC(=O)[C@@H](N)CCCCN)C(C)C. The number of aromatic nitrogens is 2. The summed E-state index contributed by atoms with van der Waals surface area (Å²) in [5.74, 6) is -6.23. The molecule has 0 aliphatic carbocycles. The number of pyridine rings is 2. The Morgan fingerprint density at radius 2 is 1.67 bits per heavy atom. The number of nitrogens with two attached hydrogens (primary N) is 2. The maximum Gasteiger partial charge on any atom is 0.355 e. The van der Waals surface area contributed by atoms with Gasteiger partial charge in [0.15, 0.2) is 0 Å². The molecule has 1 aromatic carbocycles. The fraction of sp³-hybridized carbons (Fsp3) is 0.588. The van der Waals surface area contributed by atoms with Gasteiger partial charge in [-0.25, -0.2) is 14.6 Å². The number of cyclic esters (lactones) is 1. The minimum Gasteiger partial charge on any atom is -0.481 e. The monoisotopic (exact) mass is 1020 g/mol. The van der Waals surface area contributed by atoms with Crippen molar-refractivity contribution in [3.8, 4) is 11.4 Å². The molecule has 5 heterocycles. The molecular weight excluding hydrogens is 949 g/mol. The quantitative estimate of drug-likeness (QED) is 0.0345. The van der Waals surface area contributed by atoms with Gasteiger partial charge in [0.05, 0.1) is 81.1 Å². The average Bonchev–Trinajstić information content (AvgIpc) is 4.01. The van der Waals surface area contributed by atoms with E-state index >= 15 is 0 Å². The third kappa shape index (κ3) is 13.3. The Morgan fingerprint density at radius 3 is 2.36 bits per heavy atom. The number of fused-ring (bicyclic) bond motifs is 5. The number of benzene rings is 1. The van der Waals surface area contributed by atoms with Gasteiger partial charge in [0.25, 0.3) is 5.56 Å². The molecule has 0 saturated carbocycles. The van der Waals surface area contributed by atoms with Crippen molar-refractivity contribution in [1.29, 1.82) is 0 Å². The van der Waals surface area contributed by atoms with E-state index in [0.717, 1.165) is 34.9 Å². The Morgan fingerprint density at radius 1 is 0.959 bits per heavy atom. The van der Waals surface area contributed by atoms with Gasteiger partial charge in [-0.05, 0) is 68.7 Å². The topological polar surface area (TPSA) is 312 Å². The van der Waals surface area contributed by atoms with Gasteiger partial charge in [-0.15, -0.1) is 0 Å². The molecule has 0 radical (unpaired) electrons. The Balaban J connectivity index is 1.02. The van der Waals surface area contributed by atoms with Crippen LogP contribution in [-0.2, 0) is 82.4 Å². The number of unbranched alkanes of at least 4 members (excludes halogenated alkanes) is 1. The van der Waals surface area contributed by atoms with E-state index in [-0.39, 0.29) is 95.6 Å². The molecule has 0 bridgehead atoms. The molecule has 22 nitrogen and oxygen atoms in total. The number of nitrogens with one attached hydrogen (secondary N) is 3. The summed E-state index contributed by atoms with van der Waals surface area (Å²) in [6.45, 7) is 8.94. The minimum absolute atomic E-state index is 0.0562. The van der Waals surface area contributed by atoms with Crippen LogP contribution < -0.4 is 33.0 Å². The number of amides is 4. The van der Waals surface area contributed by atoms with Crippen LogP contribution in [0.5, 0.6) is 0 Å². The van der Waals surface area contributed by atoms with Crippen molar-refractivity contribution in [3.63, 3.8) is 0 Å². The first-order chi connectivity index (χ1) is 35.1. The maximum atomic E-state index is 14.3. The zero-order valence-corrected chi connectivity index (χ0v) is 42.2. The van der Waals surface area contributed by atoms with Crippen molar-refractivity contribution in [2.45, 2.75) is 128 Å². The van der Waals surface area contributed by atoms with E-state index < -0.39 is 83.3 Å². The Hall–Kier alpha value is -6.33. The number of aryl methyl sites for hydroxylation is 1. The van der Waals surface area contributed by atoms with E-state index in [1.807, 2.05) is 31.2 Å². The summed E-state index contributed by atoms with van der Waals surface area (Å²) in [5.41, 5.74) is 13.0. The summed E-state index contributed by atoms with van der Waals surface area (Å²) in [5, 5.41) is 18.6. The molecule has 2 aromatic heterocycles. The number of ether oxygens (including phenoxy) is 5. The summed E-state index contributed by atoms with van der Waals surface area (Å²) >= 11 is 0. The smallest absolute Gasteiger partial charge is 0.355 e. The highest BCUT2D eigenvalue weighted by Crippen LogP contribution is 2.42. The molecule has 3 aliphatic rings. The number of carbonyl (C=O) groups is 7. The molecule has 4 amide bonds. The maximum absolute atomic E-state index is 14.3. The molecule has 73 heavy (non-hydrogen) atoms. The Kier molecular flexibility index (Phi) is 20.0. The van der Waals surface area contributed by atoms with Gasteiger partial charge in [-0.1, -0.05) is 52.3 Å². The molecule has 3 aliphatic heterocycles. The molecular formula is C51H70N8O14. The lowest BCUT2D eigenvalue weighted by atomic mass is 9.85. The van der Waals surface area contributed by atoms with Crippen molar-refractivity contribution in [2.24, 2.45) is 17.4 Å². The lowest BCUT2D eigenvalue weighted by molar-refractivity contribution is -0.191. The number of para-hydroxylation sites is 1. The first-order valence-corrected chi connectivity index (χ1v) is 25.2. The number of carboxylic acids is 1. The van der Waals surface area contributed by atoms with Crippen LogP contribution in [0.2, 0.25) is 0 Å². The minimum atomic E-state index is -2.06. The largest absolute Gasteiger partial charge is 0.481 e. The predicted octanol–water partition coefficient (Wildman–Crippen LogP) is 1.30. The van der Waals surface area contributed by atoms with Crippen LogP contribution >= 0.6 is 0 Å². The normalized spacial score (nSPS) is 18.0. The van der Waals surface area contributed by atoms with E-state index in [9.17, 15) is 43.5 Å². The summed E-state index contributed by atoms with van der Waals surface area (Å²) < 4.78 is 29.7. The average molecular weight is 1020 g/mol. The van der Waals surface area contributed by atoms with Crippen molar-refractivity contribution in [2.75, 3.05) is 59.3 Å². The number of aliphatic carboxylic acids is 1. The lowest BCUT2D eigenvalue weighted by Crippen LogP contribution is -2.57. The van der Waals surface area contributed by atoms with E-state index in [4.69, 9.17) is 40.1 Å². The van der Waals surface area contributed by atoms with Crippen LogP contribution in [0.3, 0.4) is 0 Å². The van der Waals surface area contributed by atoms with E-state index in [2.05, 4.69) is 16.0 Å². The van der Waals surface area contributed by atoms with Gasteiger partial charge in [-0.3, -0.25) is 28.8 Å². The number of esters is 2. The van der Waals surface area contributed by atoms with E-state index in [1.54, 1.807) is 31.4 Å². The van der Waals surface area contributed by atoms with Crippen LogP contribution in [0, 0.1) is 5.92 Å². The second-order valence-electron chi connectivity index (χ2n) is 18.7. The van der Waals surface area contributed by atoms with E-state index in [0.29, 0.717) is 43.7 Å². The summed E-state index contributed by atoms with van der Waals surface area (Å²) in [7, 11) is 0. The van der Waals surface area contributed by atoms with Crippen molar-refractivity contribution in [3.05, 3.63) is 62.9 Å². The summed E-state index contributed by atoms with van der Waals surface area (Å²) in [6, 6.07) is 4.81. The highest BCUT2D eigenvalue weighted by Gasteiger charge is 2.52. The summed E-state index contributed by atoms with van der Waals surface area (Å²) in [4.78, 5) is 114. The highest BCUT2D eigenvalue weighted by molar-refractivity contribution is 5.96. The van der Waals surface area contributed by atoms with Gasteiger partial charge in [0.2, 0.25) is 29.2 Å². The molecule has 398 valence electrons. The third-order valence-corrected chi connectivity index (χ3v) is 13.4. The Labute approximate surface area is 423 Å². The number of nitrogens with zero attached hydrogens (tertiary/aromatic N) is 3. The molecule has 3 aromatic rings. The first kappa shape index (κ1) is 56.0. The second kappa shape index (κ2) is 26.1. The van der Waals surface area contributed by atoms with Crippen LogP contribution in [0.25, 0.3) is 22.3 Å². The van der Waals surface area contributed by atoms with Crippen LogP contribution in [0.1, 0.15) is 101 Å². The van der Waals surface area contributed by atoms with Crippen molar-refractivity contribution >= 4 is 52.4 Å². The first-order valence-electron chi connectivity index (χ1n) is 25.2. The number of carboxylic acid groups (broad SMARTS) is 1. The zero-order chi connectivity index (χ0) is 52.8. The van der Waals surface area contributed by atoms with Gasteiger partial charge in [0, 0.05) is 36.0 Å². The van der Waals surface area contributed by atoms with Crippen LogP contribution in [-0.4, -0.2) is 145 Å².